The summed E-state index contributed by atoms with van der Waals surface area (Å²) in [4.78, 5) is 8.55. The average Bonchev–Trinajstić information content (AvgIpc) is 2.89. The summed E-state index contributed by atoms with van der Waals surface area (Å²) >= 11 is 7.47. The summed E-state index contributed by atoms with van der Waals surface area (Å²) in [6.45, 7) is 1.89. The highest BCUT2D eigenvalue weighted by Crippen LogP contribution is 2.20. The van der Waals surface area contributed by atoms with Crippen molar-refractivity contribution in [2.24, 2.45) is 0 Å². The molecule has 3 nitrogen and oxygen atoms in total. The molecule has 0 aliphatic rings. The number of aromatic amines is 1. The summed E-state index contributed by atoms with van der Waals surface area (Å²) in [5.74, 6) is 1.06. The highest BCUT2D eigenvalue weighted by Gasteiger charge is 1.98. The Morgan fingerprint density at radius 3 is 3.06 bits per heavy atom. The first-order valence-electron chi connectivity index (χ1n) is 5.28. The number of imidazole rings is 1. The lowest BCUT2D eigenvalue weighted by Crippen LogP contribution is -2.14. The van der Waals surface area contributed by atoms with Crippen molar-refractivity contribution in [2.45, 2.75) is 19.4 Å². The summed E-state index contributed by atoms with van der Waals surface area (Å²) in [5, 5.41) is 3.39. The molecule has 0 saturated heterocycles. The minimum Gasteiger partial charge on any atom is -0.349 e. The Labute approximate surface area is 104 Å². The lowest BCUT2D eigenvalue weighted by Gasteiger charge is -2.01. The van der Waals surface area contributed by atoms with Gasteiger partial charge in [0.05, 0.1) is 4.34 Å². The van der Waals surface area contributed by atoms with E-state index in [2.05, 4.69) is 21.4 Å². The molecule has 0 aromatic carbocycles. The Bertz CT molecular complexity index is 411. The highest BCUT2D eigenvalue weighted by atomic mass is 35.5. The number of halogens is 1. The van der Waals surface area contributed by atoms with Crippen molar-refractivity contribution in [1.29, 1.82) is 0 Å². The van der Waals surface area contributed by atoms with Crippen LogP contribution >= 0.6 is 22.9 Å². The molecule has 0 saturated carbocycles. The van der Waals surface area contributed by atoms with Crippen LogP contribution in [-0.2, 0) is 13.0 Å². The van der Waals surface area contributed by atoms with Crippen molar-refractivity contribution in [2.75, 3.05) is 6.54 Å². The van der Waals surface area contributed by atoms with Gasteiger partial charge in [-0.3, -0.25) is 0 Å². The third kappa shape index (κ3) is 3.63. The largest absolute Gasteiger partial charge is 0.349 e. The van der Waals surface area contributed by atoms with E-state index in [1.54, 1.807) is 17.5 Å². The van der Waals surface area contributed by atoms with Crippen LogP contribution in [0.25, 0.3) is 0 Å². The number of aromatic nitrogens is 2. The fourth-order valence-corrected chi connectivity index (χ4v) is 2.53. The molecule has 0 bridgehead atoms. The second kappa shape index (κ2) is 6.03. The van der Waals surface area contributed by atoms with Crippen LogP contribution in [0.4, 0.5) is 0 Å². The van der Waals surface area contributed by atoms with Gasteiger partial charge in [-0.2, -0.15) is 0 Å². The van der Waals surface area contributed by atoms with Gasteiger partial charge in [0.2, 0.25) is 0 Å². The number of hydrogen-bond acceptors (Lipinski definition) is 3. The maximum Gasteiger partial charge on any atom is 0.106 e. The Morgan fingerprint density at radius 2 is 2.38 bits per heavy atom. The third-order valence-electron chi connectivity index (χ3n) is 2.25. The van der Waals surface area contributed by atoms with Gasteiger partial charge in [-0.05, 0) is 25.1 Å². The quantitative estimate of drug-likeness (QED) is 0.780. The van der Waals surface area contributed by atoms with Crippen LogP contribution in [0.1, 0.15) is 17.1 Å². The van der Waals surface area contributed by atoms with Gasteiger partial charge in [0.15, 0.2) is 0 Å². The second-order valence-corrected chi connectivity index (χ2v) is 5.32. The SMILES string of the molecule is Clc1ccc(CNCCCc2ncc[nH]2)s1. The minimum atomic E-state index is 0.854. The fourth-order valence-electron chi connectivity index (χ4n) is 1.47. The zero-order chi connectivity index (χ0) is 11.2. The molecule has 0 spiro atoms. The number of nitrogens with one attached hydrogen (secondary N) is 2. The van der Waals surface area contributed by atoms with E-state index in [1.807, 2.05) is 12.3 Å². The predicted molar refractivity (Wildman–Crippen MR) is 67.9 cm³/mol. The number of rotatable bonds is 6. The Balaban J connectivity index is 1.59. The first kappa shape index (κ1) is 11.6. The summed E-state index contributed by atoms with van der Waals surface area (Å²) in [7, 11) is 0. The zero-order valence-corrected chi connectivity index (χ0v) is 10.4. The van der Waals surface area contributed by atoms with E-state index in [-0.39, 0.29) is 0 Å². The number of nitrogens with zero attached hydrogens (tertiary/aromatic N) is 1. The van der Waals surface area contributed by atoms with Crippen LogP contribution in [0, 0.1) is 0 Å². The minimum absolute atomic E-state index is 0.854. The molecule has 2 N–H and O–H groups in total. The molecular weight excluding hydrogens is 242 g/mol. The van der Waals surface area contributed by atoms with E-state index in [4.69, 9.17) is 11.6 Å². The van der Waals surface area contributed by atoms with Crippen molar-refractivity contribution >= 4 is 22.9 Å². The molecule has 2 heterocycles. The molecule has 2 rings (SSSR count). The van der Waals surface area contributed by atoms with Gasteiger partial charge in [-0.1, -0.05) is 11.6 Å². The van der Waals surface area contributed by atoms with Crippen LogP contribution in [0.2, 0.25) is 4.34 Å². The van der Waals surface area contributed by atoms with Crippen molar-refractivity contribution < 1.29 is 0 Å². The topological polar surface area (TPSA) is 40.7 Å². The van der Waals surface area contributed by atoms with Crippen molar-refractivity contribution in [3.63, 3.8) is 0 Å². The van der Waals surface area contributed by atoms with Gasteiger partial charge in [0, 0.05) is 30.2 Å². The van der Waals surface area contributed by atoms with Gasteiger partial charge in [0.25, 0.3) is 0 Å². The standard InChI is InChI=1S/C11H14ClN3S/c12-10-4-3-9(16-10)8-13-5-1-2-11-14-6-7-15-11/h3-4,6-7,13H,1-2,5,8H2,(H,14,15). The average molecular weight is 256 g/mol. The van der Waals surface area contributed by atoms with Crippen molar-refractivity contribution in [1.82, 2.24) is 15.3 Å². The molecule has 2 aromatic heterocycles. The first-order chi connectivity index (χ1) is 7.84. The molecule has 0 aliphatic heterocycles. The number of H-pyrrole nitrogens is 1. The van der Waals surface area contributed by atoms with Gasteiger partial charge >= 0.3 is 0 Å². The molecular formula is C11H14ClN3S. The predicted octanol–water partition coefficient (Wildman–Crippen LogP) is 2.85. The summed E-state index contributed by atoms with van der Waals surface area (Å²) < 4.78 is 0.854. The fraction of sp³-hybridized carbons (Fsp3) is 0.364. The van der Waals surface area contributed by atoms with Gasteiger partial charge < -0.3 is 10.3 Å². The van der Waals surface area contributed by atoms with Crippen molar-refractivity contribution in [3.05, 3.63) is 39.6 Å². The molecule has 5 heteroatoms. The molecule has 86 valence electrons. The van der Waals surface area contributed by atoms with Crippen LogP contribution in [-0.4, -0.2) is 16.5 Å². The molecule has 0 fully saturated rings. The molecule has 0 unspecified atom stereocenters. The molecule has 0 amide bonds. The smallest absolute Gasteiger partial charge is 0.106 e. The Hall–Kier alpha value is -0.840. The molecule has 16 heavy (non-hydrogen) atoms. The Kier molecular flexibility index (Phi) is 4.39. The molecule has 2 aromatic rings. The third-order valence-corrected chi connectivity index (χ3v) is 3.48. The summed E-state index contributed by atoms with van der Waals surface area (Å²) in [6.07, 6.45) is 5.73. The van der Waals surface area contributed by atoms with Gasteiger partial charge in [-0.15, -0.1) is 11.3 Å². The number of hydrogen-bond donors (Lipinski definition) is 2. The van der Waals surface area contributed by atoms with E-state index in [1.165, 1.54) is 4.88 Å². The lowest BCUT2D eigenvalue weighted by molar-refractivity contribution is 0.645. The maximum atomic E-state index is 5.85. The molecule has 0 aliphatic carbocycles. The molecule has 0 radical (unpaired) electrons. The van der Waals surface area contributed by atoms with Crippen LogP contribution in [0.3, 0.4) is 0 Å². The van der Waals surface area contributed by atoms with Gasteiger partial charge in [-0.25, -0.2) is 4.98 Å². The Morgan fingerprint density at radius 1 is 1.44 bits per heavy atom. The summed E-state index contributed by atoms with van der Waals surface area (Å²) in [5.41, 5.74) is 0. The second-order valence-electron chi connectivity index (χ2n) is 3.52. The number of thiophene rings is 1. The normalized spacial score (nSPS) is 10.8. The van der Waals surface area contributed by atoms with E-state index in [9.17, 15) is 0 Å². The number of aryl methyl sites for hydroxylation is 1. The highest BCUT2D eigenvalue weighted by molar-refractivity contribution is 7.16. The zero-order valence-electron chi connectivity index (χ0n) is 8.87. The van der Waals surface area contributed by atoms with E-state index in [0.717, 1.165) is 36.1 Å². The molecule has 0 atom stereocenters. The lowest BCUT2D eigenvalue weighted by atomic mass is 10.3. The van der Waals surface area contributed by atoms with Crippen molar-refractivity contribution in [3.8, 4) is 0 Å². The van der Waals surface area contributed by atoms with Crippen LogP contribution < -0.4 is 5.32 Å². The van der Waals surface area contributed by atoms with E-state index >= 15 is 0 Å². The first-order valence-corrected chi connectivity index (χ1v) is 6.47. The monoisotopic (exact) mass is 255 g/mol. The van der Waals surface area contributed by atoms with E-state index < -0.39 is 0 Å². The maximum absolute atomic E-state index is 5.85. The van der Waals surface area contributed by atoms with Gasteiger partial charge in [0.1, 0.15) is 5.82 Å². The van der Waals surface area contributed by atoms with E-state index in [0.29, 0.717) is 0 Å². The summed E-state index contributed by atoms with van der Waals surface area (Å²) in [6, 6.07) is 4.00. The van der Waals surface area contributed by atoms with Crippen LogP contribution in [0.15, 0.2) is 24.5 Å². The van der Waals surface area contributed by atoms with Crippen LogP contribution in [0.5, 0.6) is 0 Å².